The van der Waals surface area contributed by atoms with E-state index < -0.39 is 0 Å². The van der Waals surface area contributed by atoms with Gasteiger partial charge in [0.05, 0.1) is 0 Å². The molecule has 0 aliphatic rings. The summed E-state index contributed by atoms with van der Waals surface area (Å²) in [5.41, 5.74) is 12.0. The van der Waals surface area contributed by atoms with Crippen molar-refractivity contribution in [2.45, 2.75) is 9.79 Å². The van der Waals surface area contributed by atoms with E-state index in [1.54, 1.807) is 45.9 Å². The Bertz CT molecular complexity index is 657. The van der Waals surface area contributed by atoms with Gasteiger partial charge < -0.3 is 22.1 Å². The largest absolute Gasteiger partial charge is 0.351 e. The third-order valence-electron chi connectivity index (χ3n) is 3.33. The number of nitrogens with two attached hydrogens (primary N) is 2. The average Bonchev–Trinajstić information content (AvgIpc) is 2.69. The summed E-state index contributed by atoms with van der Waals surface area (Å²) >= 11 is 0. The summed E-state index contributed by atoms with van der Waals surface area (Å²) in [6.07, 6.45) is 0. The van der Waals surface area contributed by atoms with Crippen molar-refractivity contribution >= 4 is 33.4 Å². The first kappa shape index (κ1) is 20.3. The predicted octanol–water partition coefficient (Wildman–Crippen LogP) is 1.86. The number of hydrogen-bond donors (Lipinski definition) is 4. The maximum atomic E-state index is 11.8. The maximum Gasteiger partial charge on any atom is 0.251 e. The summed E-state index contributed by atoms with van der Waals surface area (Å²) in [7, 11) is 3.18. The number of amides is 2. The van der Waals surface area contributed by atoms with Crippen molar-refractivity contribution in [3.05, 3.63) is 59.7 Å². The van der Waals surface area contributed by atoms with Crippen LogP contribution in [0, 0.1) is 0 Å². The molecule has 26 heavy (non-hydrogen) atoms. The second-order valence-electron chi connectivity index (χ2n) is 5.30. The quantitative estimate of drug-likeness (QED) is 0.487. The highest BCUT2D eigenvalue weighted by Gasteiger charge is 2.06. The maximum absolute atomic E-state index is 11.8. The van der Waals surface area contributed by atoms with E-state index in [0.717, 1.165) is 9.79 Å². The lowest BCUT2D eigenvalue weighted by Gasteiger charge is -2.06. The van der Waals surface area contributed by atoms with Crippen LogP contribution < -0.4 is 22.1 Å². The van der Waals surface area contributed by atoms with E-state index >= 15 is 0 Å². The van der Waals surface area contributed by atoms with Gasteiger partial charge >= 0.3 is 0 Å². The van der Waals surface area contributed by atoms with Gasteiger partial charge in [0.25, 0.3) is 11.8 Å². The summed E-state index contributed by atoms with van der Waals surface area (Å²) in [6, 6.07) is 14.8. The van der Waals surface area contributed by atoms with E-state index in [0.29, 0.717) is 37.3 Å². The first-order valence-electron chi connectivity index (χ1n) is 8.15. The number of rotatable bonds is 9. The molecule has 0 aliphatic carbocycles. The van der Waals surface area contributed by atoms with Crippen LogP contribution in [0.4, 0.5) is 0 Å². The summed E-state index contributed by atoms with van der Waals surface area (Å²) < 4.78 is 0. The van der Waals surface area contributed by atoms with Crippen molar-refractivity contribution in [2.24, 2.45) is 11.5 Å². The standard InChI is InChI=1S/C18H22N4O2S2/c19-9-11-21-17(23)13-1-5-15(6-2-13)25-26-16-7-3-14(4-8-16)18(24)22-12-10-20/h1-8H,9-12,19-20H2,(H,21,23)(H,22,24). The SMILES string of the molecule is NCCNC(=O)c1ccc(SSc2ccc(C(=O)NCCN)cc2)cc1. The Kier molecular flexibility index (Phi) is 8.49. The zero-order chi connectivity index (χ0) is 18.8. The molecule has 0 aliphatic heterocycles. The van der Waals surface area contributed by atoms with Crippen molar-refractivity contribution in [3.8, 4) is 0 Å². The highest BCUT2D eigenvalue weighted by molar-refractivity contribution is 8.76. The van der Waals surface area contributed by atoms with Crippen LogP contribution in [0.25, 0.3) is 0 Å². The van der Waals surface area contributed by atoms with Crippen LogP contribution in [0.15, 0.2) is 58.3 Å². The monoisotopic (exact) mass is 390 g/mol. The molecular formula is C18H22N4O2S2. The molecular weight excluding hydrogens is 368 g/mol. The average molecular weight is 391 g/mol. The molecule has 2 aromatic carbocycles. The second kappa shape index (κ2) is 10.9. The molecule has 2 amide bonds. The topological polar surface area (TPSA) is 110 Å². The zero-order valence-electron chi connectivity index (χ0n) is 14.2. The minimum atomic E-state index is -0.122. The van der Waals surface area contributed by atoms with Crippen LogP contribution in [0.2, 0.25) is 0 Å². The Labute approximate surface area is 160 Å². The molecule has 2 aromatic rings. The molecule has 0 radical (unpaired) electrons. The molecule has 0 unspecified atom stereocenters. The van der Waals surface area contributed by atoms with Gasteiger partial charge in [-0.15, -0.1) is 0 Å². The van der Waals surface area contributed by atoms with Crippen molar-refractivity contribution in [3.63, 3.8) is 0 Å². The fraction of sp³-hybridized carbons (Fsp3) is 0.222. The molecule has 2 rings (SSSR count). The Hall–Kier alpha value is -2.00. The molecule has 0 bridgehead atoms. The van der Waals surface area contributed by atoms with Gasteiger partial charge in [0.1, 0.15) is 0 Å². The van der Waals surface area contributed by atoms with E-state index in [4.69, 9.17) is 11.5 Å². The molecule has 0 fully saturated rings. The highest BCUT2D eigenvalue weighted by Crippen LogP contribution is 2.37. The molecule has 6 N–H and O–H groups in total. The molecule has 138 valence electrons. The van der Waals surface area contributed by atoms with Gasteiger partial charge in [0, 0.05) is 47.1 Å². The van der Waals surface area contributed by atoms with Crippen LogP contribution in [-0.4, -0.2) is 38.0 Å². The van der Waals surface area contributed by atoms with Crippen molar-refractivity contribution < 1.29 is 9.59 Å². The molecule has 0 aromatic heterocycles. The second-order valence-corrected chi connectivity index (χ2v) is 7.58. The minimum Gasteiger partial charge on any atom is -0.351 e. The van der Waals surface area contributed by atoms with Crippen molar-refractivity contribution in [2.75, 3.05) is 26.2 Å². The van der Waals surface area contributed by atoms with Crippen LogP contribution in [-0.2, 0) is 0 Å². The van der Waals surface area contributed by atoms with Gasteiger partial charge in [-0.05, 0) is 48.5 Å². The molecule has 6 nitrogen and oxygen atoms in total. The van der Waals surface area contributed by atoms with E-state index in [1.807, 2.05) is 24.3 Å². The smallest absolute Gasteiger partial charge is 0.251 e. The highest BCUT2D eigenvalue weighted by atomic mass is 33.1. The van der Waals surface area contributed by atoms with Gasteiger partial charge in [-0.2, -0.15) is 0 Å². The fourth-order valence-electron chi connectivity index (χ4n) is 2.00. The molecule has 0 spiro atoms. The van der Waals surface area contributed by atoms with Crippen molar-refractivity contribution in [1.29, 1.82) is 0 Å². The lowest BCUT2D eigenvalue weighted by Crippen LogP contribution is -2.28. The van der Waals surface area contributed by atoms with Gasteiger partial charge in [0.15, 0.2) is 0 Å². The van der Waals surface area contributed by atoms with Crippen molar-refractivity contribution in [1.82, 2.24) is 10.6 Å². The zero-order valence-corrected chi connectivity index (χ0v) is 15.9. The van der Waals surface area contributed by atoms with E-state index in [-0.39, 0.29) is 11.8 Å². The first-order chi connectivity index (χ1) is 12.6. The van der Waals surface area contributed by atoms with Crippen LogP contribution in [0.3, 0.4) is 0 Å². The summed E-state index contributed by atoms with van der Waals surface area (Å²) in [5.74, 6) is -0.244. The Morgan fingerprint density at radius 2 is 1.04 bits per heavy atom. The van der Waals surface area contributed by atoms with Crippen LogP contribution in [0.1, 0.15) is 20.7 Å². The van der Waals surface area contributed by atoms with Crippen LogP contribution in [0.5, 0.6) is 0 Å². The first-order valence-corrected chi connectivity index (χ1v) is 10.3. The molecule has 8 heteroatoms. The summed E-state index contributed by atoms with van der Waals surface area (Å²) in [4.78, 5) is 25.7. The van der Waals surface area contributed by atoms with Gasteiger partial charge in [-0.3, -0.25) is 9.59 Å². The van der Waals surface area contributed by atoms with E-state index in [2.05, 4.69) is 10.6 Å². The van der Waals surface area contributed by atoms with Gasteiger partial charge in [-0.25, -0.2) is 0 Å². The summed E-state index contributed by atoms with van der Waals surface area (Å²) in [6.45, 7) is 1.77. The molecule has 0 saturated carbocycles. The number of carbonyl (C=O) groups is 2. The van der Waals surface area contributed by atoms with E-state index in [9.17, 15) is 9.59 Å². The predicted molar refractivity (Wildman–Crippen MR) is 107 cm³/mol. The minimum absolute atomic E-state index is 0.122. The van der Waals surface area contributed by atoms with Crippen LogP contribution >= 0.6 is 21.6 Å². The number of nitrogens with one attached hydrogen (secondary N) is 2. The normalized spacial score (nSPS) is 10.4. The Morgan fingerprint density at radius 3 is 1.35 bits per heavy atom. The fourth-order valence-corrected chi connectivity index (χ4v) is 3.93. The number of benzene rings is 2. The third-order valence-corrected chi connectivity index (χ3v) is 5.74. The number of hydrogen-bond acceptors (Lipinski definition) is 6. The van der Waals surface area contributed by atoms with Gasteiger partial charge in [-0.1, -0.05) is 21.6 Å². The lowest BCUT2D eigenvalue weighted by molar-refractivity contribution is 0.0946. The molecule has 0 saturated heterocycles. The third kappa shape index (κ3) is 6.38. The molecule has 0 atom stereocenters. The lowest BCUT2D eigenvalue weighted by atomic mass is 10.2. The molecule has 0 heterocycles. The summed E-state index contributed by atoms with van der Waals surface area (Å²) in [5, 5.41) is 5.47. The Morgan fingerprint density at radius 1 is 0.692 bits per heavy atom. The number of carbonyl (C=O) groups excluding carboxylic acids is 2. The van der Waals surface area contributed by atoms with Gasteiger partial charge in [0.2, 0.25) is 0 Å². The Balaban J connectivity index is 1.86. The van der Waals surface area contributed by atoms with E-state index in [1.165, 1.54) is 0 Å².